The average Bonchev–Trinajstić information content (AvgIpc) is 2.40. The number of ether oxygens (including phenoxy) is 1. The van der Waals surface area contributed by atoms with Gasteiger partial charge in [0.15, 0.2) is 0 Å². The standard InChI is InChI=1S/C16H26N2O2.2ClH/c1-13-4-5-16(14(2)10-13)20-12-15(19)11-18-8-6-17(3)7-9-18;;/h4-5,10,15,19H,6-9,11-12H2,1-3H3;2*1H/p-2. The van der Waals surface area contributed by atoms with Crippen molar-refractivity contribution in [3.8, 4) is 5.75 Å². The SMILES string of the molecule is Cc1ccc(OCC(O)CN2CCN(C)CC2)c(C)c1.[Cl-].[Cl-]. The average molecular weight is 349 g/mol. The second-order valence-electron chi connectivity index (χ2n) is 5.84. The van der Waals surface area contributed by atoms with E-state index in [0.29, 0.717) is 13.2 Å². The third kappa shape index (κ3) is 6.71. The summed E-state index contributed by atoms with van der Waals surface area (Å²) < 4.78 is 5.73. The minimum Gasteiger partial charge on any atom is -1.00 e. The van der Waals surface area contributed by atoms with Crippen LogP contribution in [0.2, 0.25) is 0 Å². The second-order valence-corrected chi connectivity index (χ2v) is 5.84. The first-order valence-corrected chi connectivity index (χ1v) is 7.33. The summed E-state index contributed by atoms with van der Waals surface area (Å²) in [7, 11) is 2.14. The summed E-state index contributed by atoms with van der Waals surface area (Å²) in [6.45, 7) is 9.35. The van der Waals surface area contributed by atoms with Crippen molar-refractivity contribution in [2.45, 2.75) is 20.0 Å². The fourth-order valence-corrected chi connectivity index (χ4v) is 2.53. The summed E-state index contributed by atoms with van der Waals surface area (Å²) in [5, 5.41) is 10.1. The van der Waals surface area contributed by atoms with Crippen LogP contribution in [0, 0.1) is 13.8 Å². The quantitative estimate of drug-likeness (QED) is 0.580. The van der Waals surface area contributed by atoms with Crippen molar-refractivity contribution in [1.82, 2.24) is 9.80 Å². The molecular weight excluding hydrogens is 323 g/mol. The van der Waals surface area contributed by atoms with Crippen molar-refractivity contribution in [1.29, 1.82) is 0 Å². The molecule has 1 aliphatic rings. The molecule has 0 aliphatic carbocycles. The van der Waals surface area contributed by atoms with Crippen LogP contribution in [0.4, 0.5) is 0 Å². The number of aliphatic hydroxyl groups is 1. The molecule has 1 aromatic rings. The first-order valence-electron chi connectivity index (χ1n) is 7.33. The molecule has 0 bridgehead atoms. The van der Waals surface area contributed by atoms with E-state index >= 15 is 0 Å². The van der Waals surface area contributed by atoms with Gasteiger partial charge < -0.3 is 39.6 Å². The zero-order valence-corrected chi connectivity index (χ0v) is 15.1. The Morgan fingerprint density at radius 1 is 1.14 bits per heavy atom. The summed E-state index contributed by atoms with van der Waals surface area (Å²) in [6.07, 6.45) is -0.431. The van der Waals surface area contributed by atoms with Gasteiger partial charge in [-0.3, -0.25) is 4.90 Å². The van der Waals surface area contributed by atoms with Gasteiger partial charge in [0.1, 0.15) is 18.5 Å². The Hall–Kier alpha value is -0.520. The monoisotopic (exact) mass is 348 g/mol. The van der Waals surface area contributed by atoms with E-state index in [-0.39, 0.29) is 24.8 Å². The molecule has 1 atom stereocenters. The normalized spacial score (nSPS) is 17.3. The molecule has 0 spiro atoms. The Morgan fingerprint density at radius 3 is 2.36 bits per heavy atom. The zero-order chi connectivity index (χ0) is 14.5. The molecule has 22 heavy (non-hydrogen) atoms. The lowest BCUT2D eigenvalue weighted by molar-refractivity contribution is -0.001000. The van der Waals surface area contributed by atoms with Crippen molar-refractivity contribution in [2.24, 2.45) is 0 Å². The van der Waals surface area contributed by atoms with E-state index in [9.17, 15) is 5.11 Å². The van der Waals surface area contributed by atoms with Gasteiger partial charge in [-0.1, -0.05) is 17.7 Å². The van der Waals surface area contributed by atoms with Crippen LogP contribution in [0.15, 0.2) is 18.2 Å². The molecule has 1 fully saturated rings. The van der Waals surface area contributed by atoms with Gasteiger partial charge in [-0.2, -0.15) is 0 Å². The van der Waals surface area contributed by atoms with E-state index in [2.05, 4.69) is 29.8 Å². The van der Waals surface area contributed by atoms with Crippen molar-refractivity contribution in [2.75, 3.05) is 46.4 Å². The maximum absolute atomic E-state index is 10.1. The Morgan fingerprint density at radius 2 is 1.77 bits per heavy atom. The molecule has 1 saturated heterocycles. The Bertz CT molecular complexity index is 438. The lowest BCUT2D eigenvalue weighted by atomic mass is 10.1. The van der Waals surface area contributed by atoms with Gasteiger partial charge in [-0.25, -0.2) is 0 Å². The van der Waals surface area contributed by atoms with Crippen LogP contribution >= 0.6 is 0 Å². The molecule has 0 amide bonds. The number of nitrogens with zero attached hydrogens (tertiary/aromatic N) is 2. The summed E-state index contributed by atoms with van der Waals surface area (Å²) in [5.41, 5.74) is 2.35. The molecule has 1 unspecified atom stereocenters. The molecule has 4 nitrogen and oxygen atoms in total. The molecule has 0 saturated carbocycles. The number of hydrogen-bond donors (Lipinski definition) is 1. The van der Waals surface area contributed by atoms with Crippen molar-refractivity contribution in [3.63, 3.8) is 0 Å². The van der Waals surface area contributed by atoms with Gasteiger partial charge in [0.2, 0.25) is 0 Å². The molecule has 6 heteroatoms. The Balaban J connectivity index is 0.00000220. The van der Waals surface area contributed by atoms with E-state index in [4.69, 9.17) is 4.74 Å². The van der Waals surface area contributed by atoms with Crippen LogP contribution < -0.4 is 29.6 Å². The predicted molar refractivity (Wildman–Crippen MR) is 81.4 cm³/mol. The summed E-state index contributed by atoms with van der Waals surface area (Å²) in [5.74, 6) is 0.869. The van der Waals surface area contributed by atoms with Gasteiger partial charge in [-0.15, -0.1) is 0 Å². The van der Waals surface area contributed by atoms with Gasteiger partial charge in [0.05, 0.1) is 0 Å². The minimum absolute atomic E-state index is 0. The molecular formula is C16H26Cl2N2O2-2. The zero-order valence-electron chi connectivity index (χ0n) is 13.6. The number of benzene rings is 1. The van der Waals surface area contributed by atoms with Crippen LogP contribution in [0.1, 0.15) is 11.1 Å². The van der Waals surface area contributed by atoms with Crippen LogP contribution in [-0.2, 0) is 0 Å². The smallest absolute Gasteiger partial charge is 0.122 e. The highest BCUT2D eigenvalue weighted by Crippen LogP contribution is 2.18. The summed E-state index contributed by atoms with van der Waals surface area (Å²) in [4.78, 5) is 4.62. The topological polar surface area (TPSA) is 35.9 Å². The predicted octanol–water partition coefficient (Wildman–Crippen LogP) is -4.70. The highest BCUT2D eigenvalue weighted by atomic mass is 35.5. The fraction of sp³-hybridized carbons (Fsp3) is 0.625. The molecule has 0 aromatic heterocycles. The number of rotatable bonds is 5. The molecule has 128 valence electrons. The van der Waals surface area contributed by atoms with Gasteiger partial charge in [0, 0.05) is 32.7 Å². The van der Waals surface area contributed by atoms with Gasteiger partial charge in [0.25, 0.3) is 0 Å². The molecule has 1 aromatic carbocycles. The third-order valence-corrected chi connectivity index (χ3v) is 3.83. The summed E-state index contributed by atoms with van der Waals surface area (Å²) in [6, 6.07) is 6.12. The Kier molecular flexibility index (Phi) is 10.0. The highest BCUT2D eigenvalue weighted by Gasteiger charge is 2.17. The maximum atomic E-state index is 10.1. The summed E-state index contributed by atoms with van der Waals surface area (Å²) >= 11 is 0. The van der Waals surface area contributed by atoms with Crippen LogP contribution in [-0.4, -0.2) is 67.4 Å². The number of piperazine rings is 1. The number of halogens is 2. The number of β-amino-alcohol motifs (C(OH)–C–C–N with tert-alkyl or cyclic N) is 1. The van der Waals surface area contributed by atoms with Crippen molar-refractivity contribution >= 4 is 0 Å². The minimum atomic E-state index is -0.431. The van der Waals surface area contributed by atoms with E-state index in [1.165, 1.54) is 5.56 Å². The number of aliphatic hydroxyl groups excluding tert-OH is 1. The largest absolute Gasteiger partial charge is 1.00 e. The number of hydrogen-bond acceptors (Lipinski definition) is 4. The van der Waals surface area contributed by atoms with Gasteiger partial charge >= 0.3 is 0 Å². The van der Waals surface area contributed by atoms with Crippen molar-refractivity contribution < 1.29 is 34.7 Å². The third-order valence-electron chi connectivity index (χ3n) is 3.83. The molecule has 1 heterocycles. The first kappa shape index (κ1) is 21.5. The van der Waals surface area contributed by atoms with E-state index in [1.807, 2.05) is 19.1 Å². The number of aryl methyl sites for hydroxylation is 2. The highest BCUT2D eigenvalue weighted by molar-refractivity contribution is 5.35. The molecule has 1 N–H and O–H groups in total. The number of likely N-dealkylation sites (N-methyl/N-ethyl adjacent to an activating group) is 1. The Labute approximate surface area is 146 Å². The maximum Gasteiger partial charge on any atom is 0.122 e. The van der Waals surface area contributed by atoms with Crippen LogP contribution in [0.5, 0.6) is 5.75 Å². The molecule has 2 rings (SSSR count). The van der Waals surface area contributed by atoms with E-state index in [1.54, 1.807) is 0 Å². The van der Waals surface area contributed by atoms with Crippen LogP contribution in [0.25, 0.3) is 0 Å². The lowest BCUT2D eigenvalue weighted by Crippen LogP contribution is -3.00. The van der Waals surface area contributed by atoms with Crippen molar-refractivity contribution in [3.05, 3.63) is 29.3 Å². The lowest BCUT2D eigenvalue weighted by Gasteiger charge is -2.33. The van der Waals surface area contributed by atoms with Gasteiger partial charge in [-0.05, 0) is 32.5 Å². The van der Waals surface area contributed by atoms with E-state index < -0.39 is 6.10 Å². The molecule has 0 radical (unpaired) electrons. The fourth-order valence-electron chi connectivity index (χ4n) is 2.53. The molecule has 1 aliphatic heterocycles. The first-order chi connectivity index (χ1) is 9.54. The van der Waals surface area contributed by atoms with E-state index in [0.717, 1.165) is 37.5 Å². The second kappa shape index (κ2) is 10.3. The van der Waals surface area contributed by atoms with Crippen LogP contribution in [0.3, 0.4) is 0 Å².